The first-order chi connectivity index (χ1) is 9.24. The van der Waals surface area contributed by atoms with Crippen molar-refractivity contribution < 1.29 is 0 Å². The van der Waals surface area contributed by atoms with E-state index in [4.69, 9.17) is 0 Å². The van der Waals surface area contributed by atoms with Gasteiger partial charge in [0, 0.05) is 31.9 Å². The summed E-state index contributed by atoms with van der Waals surface area (Å²) in [4.78, 5) is 21.2. The van der Waals surface area contributed by atoms with Gasteiger partial charge in [0.05, 0.1) is 0 Å². The van der Waals surface area contributed by atoms with Crippen LogP contribution in [-0.4, -0.2) is 47.5 Å². The summed E-state index contributed by atoms with van der Waals surface area (Å²) in [5.74, 6) is 0.798. The number of anilines is 1. The summed E-state index contributed by atoms with van der Waals surface area (Å²) in [7, 11) is 2.13. The molecule has 1 aliphatic rings. The number of aromatic nitrogens is 2. The third kappa shape index (κ3) is 2.46. The van der Waals surface area contributed by atoms with Crippen molar-refractivity contribution in [1.82, 2.24) is 14.3 Å². The fraction of sp³-hybridized carbons (Fsp3) is 0.429. The Balaban J connectivity index is 1.98. The molecule has 0 radical (unpaired) electrons. The maximum Gasteiger partial charge on any atom is 0.259 e. The van der Waals surface area contributed by atoms with Gasteiger partial charge >= 0.3 is 0 Å². The van der Waals surface area contributed by atoms with E-state index in [2.05, 4.69) is 21.8 Å². The fourth-order valence-corrected chi connectivity index (χ4v) is 2.48. The molecule has 5 heteroatoms. The molecule has 0 aliphatic carbocycles. The minimum atomic E-state index is -0.0156. The molecule has 5 nitrogen and oxygen atoms in total. The zero-order valence-electron chi connectivity index (χ0n) is 11.1. The topological polar surface area (TPSA) is 40.9 Å². The summed E-state index contributed by atoms with van der Waals surface area (Å²) in [5, 5.41) is 0. The Morgan fingerprint density at radius 2 is 2.05 bits per heavy atom. The van der Waals surface area contributed by atoms with Gasteiger partial charge in [-0.2, -0.15) is 0 Å². The molecule has 0 spiro atoms. The predicted octanol–water partition coefficient (Wildman–Crippen LogP) is 0.836. The monoisotopic (exact) mass is 258 g/mol. The van der Waals surface area contributed by atoms with Crippen LogP contribution in [0.2, 0.25) is 0 Å². The van der Waals surface area contributed by atoms with Crippen LogP contribution in [0.5, 0.6) is 0 Å². The number of likely N-dealkylation sites (N-methyl/N-ethyl adjacent to an activating group) is 1. The second-order valence-corrected chi connectivity index (χ2v) is 5.03. The molecule has 0 bridgehead atoms. The van der Waals surface area contributed by atoms with E-state index in [1.54, 1.807) is 16.7 Å². The Morgan fingerprint density at radius 3 is 2.95 bits per heavy atom. The van der Waals surface area contributed by atoms with E-state index >= 15 is 0 Å². The van der Waals surface area contributed by atoms with Gasteiger partial charge in [-0.15, -0.1) is 0 Å². The molecule has 1 fully saturated rings. The van der Waals surface area contributed by atoms with Crippen molar-refractivity contribution >= 4 is 11.5 Å². The van der Waals surface area contributed by atoms with E-state index in [1.807, 2.05) is 18.2 Å². The molecule has 2 aromatic rings. The summed E-state index contributed by atoms with van der Waals surface area (Å²) in [5.41, 5.74) is 0.695. The number of pyridine rings is 1. The van der Waals surface area contributed by atoms with Crippen molar-refractivity contribution in [3.05, 3.63) is 40.8 Å². The van der Waals surface area contributed by atoms with Crippen LogP contribution in [0.4, 0.5) is 5.82 Å². The molecular weight excluding hydrogens is 240 g/mol. The van der Waals surface area contributed by atoms with Gasteiger partial charge in [0.15, 0.2) is 0 Å². The van der Waals surface area contributed by atoms with Crippen LogP contribution in [0.15, 0.2) is 35.3 Å². The SMILES string of the molecule is CN1CCCN(c2cc(=O)n3ccccc3n2)CC1. The Kier molecular flexibility index (Phi) is 3.21. The third-order valence-corrected chi connectivity index (χ3v) is 3.60. The minimum Gasteiger partial charge on any atom is -0.355 e. The molecular formula is C14H18N4O. The largest absolute Gasteiger partial charge is 0.355 e. The van der Waals surface area contributed by atoms with Crippen molar-refractivity contribution in [1.29, 1.82) is 0 Å². The summed E-state index contributed by atoms with van der Waals surface area (Å²) in [6, 6.07) is 7.26. The molecule has 1 saturated heterocycles. The molecule has 0 unspecified atom stereocenters. The van der Waals surface area contributed by atoms with Crippen molar-refractivity contribution in [2.45, 2.75) is 6.42 Å². The van der Waals surface area contributed by atoms with E-state index in [-0.39, 0.29) is 5.56 Å². The summed E-state index contributed by atoms with van der Waals surface area (Å²) < 4.78 is 1.58. The number of fused-ring (bicyclic) bond motifs is 1. The highest BCUT2D eigenvalue weighted by molar-refractivity contribution is 5.48. The molecule has 0 aromatic carbocycles. The second-order valence-electron chi connectivity index (χ2n) is 5.03. The van der Waals surface area contributed by atoms with Gasteiger partial charge in [-0.05, 0) is 32.1 Å². The summed E-state index contributed by atoms with van der Waals surface area (Å²) in [6.45, 7) is 3.99. The maximum atomic E-state index is 12.1. The summed E-state index contributed by atoms with van der Waals surface area (Å²) in [6.07, 6.45) is 2.86. The van der Waals surface area contributed by atoms with Gasteiger partial charge in [-0.1, -0.05) is 6.07 Å². The Bertz CT molecular complexity index is 637. The standard InChI is InChI=1S/C14H18N4O/c1-16-6-4-7-17(10-9-16)13-11-14(19)18-8-3-2-5-12(18)15-13/h2-3,5,8,11H,4,6-7,9-10H2,1H3. The highest BCUT2D eigenvalue weighted by Crippen LogP contribution is 2.12. The van der Waals surface area contributed by atoms with Crippen LogP contribution in [0.3, 0.4) is 0 Å². The van der Waals surface area contributed by atoms with E-state index in [9.17, 15) is 4.79 Å². The molecule has 1 aliphatic heterocycles. The van der Waals surface area contributed by atoms with Crippen LogP contribution in [0.25, 0.3) is 5.65 Å². The van der Waals surface area contributed by atoms with Crippen LogP contribution < -0.4 is 10.5 Å². The number of hydrogen-bond donors (Lipinski definition) is 0. The first-order valence-corrected chi connectivity index (χ1v) is 6.66. The average molecular weight is 258 g/mol. The van der Waals surface area contributed by atoms with Gasteiger partial charge in [-0.25, -0.2) is 4.98 Å². The average Bonchev–Trinajstić information content (AvgIpc) is 2.63. The van der Waals surface area contributed by atoms with Crippen molar-refractivity contribution in [3.63, 3.8) is 0 Å². The van der Waals surface area contributed by atoms with Crippen LogP contribution in [0.1, 0.15) is 6.42 Å². The lowest BCUT2D eigenvalue weighted by Gasteiger charge is -2.21. The molecule has 0 atom stereocenters. The van der Waals surface area contributed by atoms with Crippen molar-refractivity contribution in [2.75, 3.05) is 38.1 Å². The van der Waals surface area contributed by atoms with E-state index in [0.29, 0.717) is 5.65 Å². The normalized spacial score (nSPS) is 17.6. The van der Waals surface area contributed by atoms with Crippen molar-refractivity contribution in [3.8, 4) is 0 Å². The minimum absolute atomic E-state index is 0.0156. The smallest absolute Gasteiger partial charge is 0.259 e. The van der Waals surface area contributed by atoms with Gasteiger partial charge in [-0.3, -0.25) is 9.20 Å². The zero-order valence-corrected chi connectivity index (χ0v) is 11.1. The van der Waals surface area contributed by atoms with Crippen molar-refractivity contribution in [2.24, 2.45) is 0 Å². The second kappa shape index (κ2) is 5.01. The lowest BCUT2D eigenvalue weighted by Crippen LogP contribution is -2.30. The Morgan fingerprint density at radius 1 is 1.16 bits per heavy atom. The number of rotatable bonds is 1. The first kappa shape index (κ1) is 12.2. The number of hydrogen-bond acceptors (Lipinski definition) is 4. The van der Waals surface area contributed by atoms with E-state index < -0.39 is 0 Å². The quantitative estimate of drug-likeness (QED) is 0.760. The molecule has 0 saturated carbocycles. The molecule has 3 rings (SSSR count). The third-order valence-electron chi connectivity index (χ3n) is 3.60. The first-order valence-electron chi connectivity index (χ1n) is 6.66. The van der Waals surface area contributed by atoms with Gasteiger partial charge in [0.1, 0.15) is 11.5 Å². The number of nitrogens with zero attached hydrogens (tertiary/aromatic N) is 4. The molecule has 3 heterocycles. The van der Waals surface area contributed by atoms with Crippen LogP contribution in [-0.2, 0) is 0 Å². The van der Waals surface area contributed by atoms with Crippen LogP contribution in [0, 0.1) is 0 Å². The molecule has 0 amide bonds. The Hall–Kier alpha value is -1.88. The maximum absolute atomic E-state index is 12.1. The van der Waals surface area contributed by atoms with Gasteiger partial charge < -0.3 is 9.80 Å². The molecule has 0 N–H and O–H groups in total. The Labute approximate surface area is 112 Å². The predicted molar refractivity (Wildman–Crippen MR) is 75.8 cm³/mol. The summed E-state index contributed by atoms with van der Waals surface area (Å²) >= 11 is 0. The highest BCUT2D eigenvalue weighted by atomic mass is 16.1. The molecule has 19 heavy (non-hydrogen) atoms. The highest BCUT2D eigenvalue weighted by Gasteiger charge is 2.14. The lowest BCUT2D eigenvalue weighted by atomic mass is 10.3. The van der Waals surface area contributed by atoms with Gasteiger partial charge in [0.25, 0.3) is 5.56 Å². The fourth-order valence-electron chi connectivity index (χ4n) is 2.48. The lowest BCUT2D eigenvalue weighted by molar-refractivity contribution is 0.360. The van der Waals surface area contributed by atoms with E-state index in [1.165, 1.54) is 0 Å². The zero-order chi connectivity index (χ0) is 13.2. The molecule has 100 valence electrons. The van der Waals surface area contributed by atoms with E-state index in [0.717, 1.165) is 38.4 Å². The van der Waals surface area contributed by atoms with Gasteiger partial charge in [0.2, 0.25) is 0 Å². The van der Waals surface area contributed by atoms with Crippen LogP contribution >= 0.6 is 0 Å². The molecule has 2 aromatic heterocycles.